The van der Waals surface area contributed by atoms with E-state index in [1.165, 1.54) is 0 Å². The van der Waals surface area contributed by atoms with Crippen LogP contribution in [0.4, 0.5) is 16.2 Å². The molecule has 0 aliphatic carbocycles. The Morgan fingerprint density at radius 2 is 2.00 bits per heavy atom. The number of nitrogens with zero attached hydrogens (tertiary/aromatic N) is 1. The average molecular weight is 233 g/mol. The van der Waals surface area contributed by atoms with Crippen molar-refractivity contribution in [1.29, 1.82) is 0 Å². The zero-order valence-electron chi connectivity index (χ0n) is 10.1. The van der Waals surface area contributed by atoms with Crippen molar-refractivity contribution in [2.24, 2.45) is 5.92 Å². The van der Waals surface area contributed by atoms with E-state index in [0.717, 1.165) is 31.8 Å². The van der Waals surface area contributed by atoms with E-state index >= 15 is 0 Å². The van der Waals surface area contributed by atoms with Crippen LogP contribution in [0.1, 0.15) is 19.8 Å². The predicted octanol–water partition coefficient (Wildman–Crippen LogP) is 2.53. The quantitative estimate of drug-likeness (QED) is 0.732. The second-order valence-electron chi connectivity index (χ2n) is 4.69. The fourth-order valence-corrected chi connectivity index (χ4v) is 2.02. The van der Waals surface area contributed by atoms with Crippen LogP contribution < -0.4 is 11.1 Å². The number of hydrogen-bond acceptors (Lipinski definition) is 2. The summed E-state index contributed by atoms with van der Waals surface area (Å²) in [6.45, 7) is 3.89. The number of nitrogens with one attached hydrogen (secondary N) is 1. The van der Waals surface area contributed by atoms with Gasteiger partial charge in [-0.2, -0.15) is 0 Å². The van der Waals surface area contributed by atoms with E-state index in [4.69, 9.17) is 5.73 Å². The first kappa shape index (κ1) is 11.8. The zero-order valence-corrected chi connectivity index (χ0v) is 10.1. The number of carbonyl (C=O) groups is 1. The molecule has 0 spiro atoms. The van der Waals surface area contributed by atoms with E-state index < -0.39 is 0 Å². The topological polar surface area (TPSA) is 58.4 Å². The number of rotatable bonds is 1. The smallest absolute Gasteiger partial charge is 0.321 e. The number of anilines is 2. The van der Waals surface area contributed by atoms with Crippen LogP contribution in [0.3, 0.4) is 0 Å². The largest absolute Gasteiger partial charge is 0.397 e. The minimum Gasteiger partial charge on any atom is -0.397 e. The number of para-hydroxylation sites is 2. The molecule has 1 aromatic carbocycles. The number of hydrogen-bond donors (Lipinski definition) is 2. The van der Waals surface area contributed by atoms with Gasteiger partial charge >= 0.3 is 6.03 Å². The van der Waals surface area contributed by atoms with Crippen molar-refractivity contribution in [2.45, 2.75) is 19.8 Å². The van der Waals surface area contributed by atoms with E-state index in [-0.39, 0.29) is 6.03 Å². The summed E-state index contributed by atoms with van der Waals surface area (Å²) in [5, 5.41) is 2.86. The highest BCUT2D eigenvalue weighted by Crippen LogP contribution is 2.20. The highest BCUT2D eigenvalue weighted by Gasteiger charge is 2.20. The molecule has 92 valence electrons. The lowest BCUT2D eigenvalue weighted by molar-refractivity contribution is 0.186. The van der Waals surface area contributed by atoms with Gasteiger partial charge in [0.15, 0.2) is 0 Å². The van der Waals surface area contributed by atoms with Crippen LogP contribution in [0.5, 0.6) is 0 Å². The summed E-state index contributed by atoms with van der Waals surface area (Å²) >= 11 is 0. The third-order valence-electron chi connectivity index (χ3n) is 3.27. The minimum atomic E-state index is -0.0465. The highest BCUT2D eigenvalue weighted by atomic mass is 16.2. The maximum Gasteiger partial charge on any atom is 0.321 e. The van der Waals surface area contributed by atoms with Gasteiger partial charge in [0.1, 0.15) is 0 Å². The van der Waals surface area contributed by atoms with Crippen LogP contribution in [-0.4, -0.2) is 24.0 Å². The normalized spacial score (nSPS) is 16.9. The Balaban J connectivity index is 1.95. The summed E-state index contributed by atoms with van der Waals surface area (Å²) in [7, 11) is 0. The van der Waals surface area contributed by atoms with Crippen LogP contribution in [0.2, 0.25) is 0 Å². The first-order chi connectivity index (χ1) is 8.16. The van der Waals surface area contributed by atoms with E-state index in [1.54, 1.807) is 6.07 Å². The molecule has 0 radical (unpaired) electrons. The lowest BCUT2D eigenvalue weighted by atomic mass is 10.00. The van der Waals surface area contributed by atoms with Crippen molar-refractivity contribution >= 4 is 17.4 Å². The molecule has 0 unspecified atom stereocenters. The number of benzene rings is 1. The minimum absolute atomic E-state index is 0.0465. The molecular weight excluding hydrogens is 214 g/mol. The van der Waals surface area contributed by atoms with Gasteiger partial charge in [-0.3, -0.25) is 0 Å². The SMILES string of the molecule is CC1CCN(C(=O)Nc2ccccc2N)CC1. The lowest BCUT2D eigenvalue weighted by Gasteiger charge is -2.30. The molecule has 1 aliphatic heterocycles. The number of piperidine rings is 1. The van der Waals surface area contributed by atoms with Gasteiger partial charge < -0.3 is 16.0 Å². The van der Waals surface area contributed by atoms with Crippen LogP contribution in [-0.2, 0) is 0 Å². The maximum absolute atomic E-state index is 12.0. The van der Waals surface area contributed by atoms with Gasteiger partial charge in [0.2, 0.25) is 0 Å². The van der Waals surface area contributed by atoms with Gasteiger partial charge in [-0.1, -0.05) is 19.1 Å². The molecular formula is C13H19N3O. The van der Waals surface area contributed by atoms with Crippen molar-refractivity contribution in [3.63, 3.8) is 0 Å². The second kappa shape index (κ2) is 5.08. The summed E-state index contributed by atoms with van der Waals surface area (Å²) in [5.74, 6) is 0.723. The fourth-order valence-electron chi connectivity index (χ4n) is 2.02. The monoisotopic (exact) mass is 233 g/mol. The molecule has 17 heavy (non-hydrogen) atoms. The van der Waals surface area contributed by atoms with Gasteiger partial charge in [0.05, 0.1) is 11.4 Å². The van der Waals surface area contributed by atoms with Crippen LogP contribution >= 0.6 is 0 Å². The van der Waals surface area contributed by atoms with Crippen LogP contribution in [0.25, 0.3) is 0 Å². The number of nitrogens with two attached hydrogens (primary N) is 1. The van der Waals surface area contributed by atoms with Gasteiger partial charge in [-0.05, 0) is 30.9 Å². The molecule has 1 fully saturated rings. The Labute approximate surface area is 102 Å². The number of carbonyl (C=O) groups excluding carboxylic acids is 1. The summed E-state index contributed by atoms with van der Waals surface area (Å²) in [6.07, 6.45) is 2.16. The average Bonchev–Trinajstić information content (AvgIpc) is 2.33. The fraction of sp³-hybridized carbons (Fsp3) is 0.462. The van der Waals surface area contributed by atoms with Crippen molar-refractivity contribution in [2.75, 3.05) is 24.1 Å². The van der Waals surface area contributed by atoms with Crippen molar-refractivity contribution < 1.29 is 4.79 Å². The molecule has 2 rings (SSSR count). The Morgan fingerprint density at radius 3 is 2.65 bits per heavy atom. The molecule has 1 heterocycles. The molecule has 4 heteroatoms. The third-order valence-corrected chi connectivity index (χ3v) is 3.27. The number of amides is 2. The van der Waals surface area contributed by atoms with E-state index in [2.05, 4.69) is 12.2 Å². The van der Waals surface area contributed by atoms with Crippen molar-refractivity contribution in [3.05, 3.63) is 24.3 Å². The summed E-state index contributed by atoms with van der Waals surface area (Å²) < 4.78 is 0. The maximum atomic E-state index is 12.0. The lowest BCUT2D eigenvalue weighted by Crippen LogP contribution is -2.40. The zero-order chi connectivity index (χ0) is 12.3. The molecule has 2 amide bonds. The Kier molecular flexibility index (Phi) is 3.52. The number of nitrogen functional groups attached to an aromatic ring is 1. The van der Waals surface area contributed by atoms with Gasteiger partial charge in [-0.25, -0.2) is 4.79 Å². The molecule has 1 aliphatic rings. The highest BCUT2D eigenvalue weighted by molar-refractivity contribution is 5.92. The van der Waals surface area contributed by atoms with Crippen LogP contribution in [0.15, 0.2) is 24.3 Å². The molecule has 4 nitrogen and oxygen atoms in total. The molecule has 1 aromatic rings. The standard InChI is InChI=1S/C13H19N3O/c1-10-6-8-16(9-7-10)13(17)15-12-5-3-2-4-11(12)14/h2-5,10H,6-9,14H2,1H3,(H,15,17). The predicted molar refractivity (Wildman–Crippen MR) is 69.8 cm³/mol. The molecule has 0 saturated carbocycles. The van der Waals surface area contributed by atoms with Gasteiger partial charge in [0, 0.05) is 13.1 Å². The Morgan fingerprint density at radius 1 is 1.35 bits per heavy atom. The molecule has 3 N–H and O–H groups in total. The van der Waals surface area contributed by atoms with Crippen molar-refractivity contribution in [3.8, 4) is 0 Å². The van der Waals surface area contributed by atoms with Gasteiger partial charge in [0.25, 0.3) is 0 Å². The summed E-state index contributed by atoms with van der Waals surface area (Å²) in [5.41, 5.74) is 7.08. The second-order valence-corrected chi connectivity index (χ2v) is 4.69. The first-order valence-electron chi connectivity index (χ1n) is 6.07. The van der Waals surface area contributed by atoms with E-state index in [0.29, 0.717) is 11.4 Å². The molecule has 0 aromatic heterocycles. The third kappa shape index (κ3) is 2.90. The number of urea groups is 1. The van der Waals surface area contributed by atoms with Crippen molar-refractivity contribution in [1.82, 2.24) is 4.90 Å². The Bertz CT molecular complexity index is 397. The summed E-state index contributed by atoms with van der Waals surface area (Å²) in [6, 6.07) is 7.28. The van der Waals surface area contributed by atoms with Gasteiger partial charge in [-0.15, -0.1) is 0 Å². The van der Waals surface area contributed by atoms with E-state index in [9.17, 15) is 4.79 Å². The number of likely N-dealkylation sites (tertiary alicyclic amines) is 1. The van der Waals surface area contributed by atoms with Crippen LogP contribution in [0, 0.1) is 5.92 Å². The summed E-state index contributed by atoms with van der Waals surface area (Å²) in [4.78, 5) is 13.8. The Hall–Kier alpha value is -1.71. The van der Waals surface area contributed by atoms with E-state index in [1.807, 2.05) is 23.1 Å². The molecule has 1 saturated heterocycles. The molecule has 0 atom stereocenters. The molecule has 0 bridgehead atoms. The first-order valence-corrected chi connectivity index (χ1v) is 6.07.